The fourth-order valence-corrected chi connectivity index (χ4v) is 2.76. The van der Waals surface area contributed by atoms with E-state index in [0.717, 1.165) is 31.6 Å². The molecule has 1 aromatic carbocycles. The molecule has 2 N–H and O–H groups in total. The van der Waals surface area contributed by atoms with Gasteiger partial charge in [0.05, 0.1) is 18.6 Å². The molecule has 3 rings (SSSR count). The van der Waals surface area contributed by atoms with Crippen LogP contribution in [0.2, 0.25) is 0 Å². The molecule has 6 nitrogen and oxygen atoms in total. The van der Waals surface area contributed by atoms with E-state index in [2.05, 4.69) is 4.90 Å². The van der Waals surface area contributed by atoms with Gasteiger partial charge in [-0.25, -0.2) is 0 Å². The quantitative estimate of drug-likeness (QED) is 0.727. The van der Waals surface area contributed by atoms with E-state index in [1.807, 2.05) is 37.3 Å². The normalized spacial score (nSPS) is 24.5. The fraction of sp³-hybridized carbons (Fsp3) is 0.588. The van der Waals surface area contributed by atoms with Gasteiger partial charge >= 0.3 is 5.97 Å². The third-order valence-corrected chi connectivity index (χ3v) is 4.33. The zero-order valence-electron chi connectivity index (χ0n) is 14.2. The second-order valence-corrected chi connectivity index (χ2v) is 6.32. The number of aliphatic hydroxyl groups excluding tert-OH is 1. The minimum absolute atomic E-state index is 0. The Morgan fingerprint density at radius 2 is 1.79 bits per heavy atom. The Kier molecular flexibility index (Phi) is 9.56. The van der Waals surface area contributed by atoms with Crippen molar-refractivity contribution < 1.29 is 52.6 Å². The Morgan fingerprint density at radius 1 is 1.17 bits per heavy atom. The summed E-state index contributed by atoms with van der Waals surface area (Å²) in [7, 11) is 0. The molecule has 0 bridgehead atoms. The topological polar surface area (TPSA) is 73.2 Å². The van der Waals surface area contributed by atoms with Crippen molar-refractivity contribution >= 4 is 5.97 Å². The van der Waals surface area contributed by atoms with Crippen LogP contribution in [0.1, 0.15) is 18.9 Å². The summed E-state index contributed by atoms with van der Waals surface area (Å²) in [5.41, 5.74) is 0.630. The largest absolute Gasteiger partial charge is 0.465 e. The molecule has 1 aromatic rings. The molecule has 131 valence electrons. The van der Waals surface area contributed by atoms with E-state index in [0.29, 0.717) is 19.7 Å². The smallest absolute Gasteiger partial charge is 0.313 e. The number of rotatable bonds is 3. The fourth-order valence-electron chi connectivity index (χ4n) is 2.76. The van der Waals surface area contributed by atoms with E-state index in [4.69, 9.17) is 9.84 Å². The predicted molar refractivity (Wildman–Crippen MR) is 85.8 cm³/mol. The van der Waals surface area contributed by atoms with Crippen LogP contribution in [-0.2, 0) is 48.8 Å². The molecule has 0 saturated carbocycles. The van der Waals surface area contributed by atoms with Crippen LogP contribution in [0.4, 0.5) is 0 Å². The van der Waals surface area contributed by atoms with Crippen LogP contribution in [0, 0.1) is 5.41 Å². The number of benzene rings is 1. The molecule has 0 amide bonds. The second kappa shape index (κ2) is 10.6. The predicted octanol–water partition coefficient (Wildman–Crippen LogP) is 1.12. The molecule has 0 aromatic heterocycles. The number of esters is 1. The number of cyclic esters (lactones) is 1. The number of ether oxygens (including phenoxy) is 1. The average Bonchev–Trinajstić information content (AvgIpc) is 2.90. The van der Waals surface area contributed by atoms with Crippen LogP contribution in [-0.4, -0.2) is 65.6 Å². The van der Waals surface area contributed by atoms with Crippen molar-refractivity contribution in [1.29, 1.82) is 0 Å². The zero-order chi connectivity index (χ0) is 16.7. The summed E-state index contributed by atoms with van der Waals surface area (Å²) in [5.74, 6) is -0.0751. The first-order chi connectivity index (χ1) is 11.0. The molecular formula is C17H26N2O4Y. The molecule has 2 aliphatic rings. The molecule has 7 heteroatoms. The van der Waals surface area contributed by atoms with Gasteiger partial charge in [-0.15, -0.1) is 0 Å². The van der Waals surface area contributed by atoms with Crippen molar-refractivity contribution in [3.63, 3.8) is 0 Å². The van der Waals surface area contributed by atoms with Crippen LogP contribution in [0.5, 0.6) is 0 Å². The van der Waals surface area contributed by atoms with Gasteiger partial charge in [0, 0.05) is 65.4 Å². The third-order valence-electron chi connectivity index (χ3n) is 4.33. The van der Waals surface area contributed by atoms with Gasteiger partial charge in [-0.05, 0) is 18.9 Å². The van der Waals surface area contributed by atoms with Crippen LogP contribution in [0.25, 0.3) is 0 Å². The van der Waals surface area contributed by atoms with E-state index < -0.39 is 0 Å². The number of aliphatic hydroxyl groups is 1. The standard InChI is InChI=1S/C10H18N2O3.C7H8O.Y/c1-10(2-7-15-9(10)13)8-11-3-5-12(14)6-4-11;8-6-7-4-2-1-3-5-7;/h14H,2-8H2,1H3;1-5,8H,6H2;. The third kappa shape index (κ3) is 6.50. The summed E-state index contributed by atoms with van der Waals surface area (Å²) in [5, 5.41) is 19.1. The van der Waals surface area contributed by atoms with Crippen LogP contribution >= 0.6 is 0 Å². The van der Waals surface area contributed by atoms with E-state index in [1.165, 1.54) is 5.06 Å². The summed E-state index contributed by atoms with van der Waals surface area (Å²) < 4.78 is 5.01. The number of hydrogen-bond donors (Lipinski definition) is 2. The number of carbonyl (C=O) groups excluding carboxylic acids is 1. The van der Waals surface area contributed by atoms with Crippen LogP contribution < -0.4 is 0 Å². The van der Waals surface area contributed by atoms with Gasteiger partial charge in [0.2, 0.25) is 0 Å². The molecule has 2 heterocycles. The molecule has 1 atom stereocenters. The van der Waals surface area contributed by atoms with E-state index in [-0.39, 0.29) is 50.7 Å². The maximum Gasteiger partial charge on any atom is 0.313 e. The molecule has 2 fully saturated rings. The Labute approximate surface area is 168 Å². The van der Waals surface area contributed by atoms with Gasteiger partial charge < -0.3 is 15.1 Å². The molecule has 1 unspecified atom stereocenters. The number of hydroxylamine groups is 2. The van der Waals surface area contributed by atoms with Crippen LogP contribution in [0.15, 0.2) is 30.3 Å². The van der Waals surface area contributed by atoms with E-state index >= 15 is 0 Å². The Balaban J connectivity index is 0.000000273. The first kappa shape index (κ1) is 21.7. The summed E-state index contributed by atoms with van der Waals surface area (Å²) in [6, 6.07) is 9.52. The molecule has 0 aliphatic carbocycles. The second-order valence-electron chi connectivity index (χ2n) is 6.32. The van der Waals surface area contributed by atoms with Gasteiger partial charge in [0.1, 0.15) is 0 Å². The van der Waals surface area contributed by atoms with Gasteiger partial charge in [0.25, 0.3) is 0 Å². The number of hydrogen-bond acceptors (Lipinski definition) is 6. The van der Waals surface area contributed by atoms with Crippen molar-refractivity contribution in [3.05, 3.63) is 35.9 Å². The first-order valence-corrected chi connectivity index (χ1v) is 8.02. The summed E-state index contributed by atoms with van der Waals surface area (Å²) >= 11 is 0. The minimum atomic E-state index is -0.336. The molecule has 24 heavy (non-hydrogen) atoms. The molecule has 2 aliphatic heterocycles. The summed E-state index contributed by atoms with van der Waals surface area (Å²) in [6.45, 7) is 6.36. The Hall–Kier alpha value is -0.366. The van der Waals surface area contributed by atoms with E-state index in [1.54, 1.807) is 0 Å². The number of carbonyl (C=O) groups is 1. The van der Waals surface area contributed by atoms with Crippen molar-refractivity contribution in [1.82, 2.24) is 9.96 Å². The Morgan fingerprint density at radius 3 is 2.25 bits per heavy atom. The van der Waals surface area contributed by atoms with E-state index in [9.17, 15) is 10.0 Å². The van der Waals surface area contributed by atoms with Crippen molar-refractivity contribution in [2.24, 2.45) is 5.41 Å². The van der Waals surface area contributed by atoms with Gasteiger partial charge in [-0.3, -0.25) is 9.69 Å². The monoisotopic (exact) mass is 411 g/mol. The number of nitrogens with zero attached hydrogens (tertiary/aromatic N) is 2. The zero-order valence-corrected chi connectivity index (χ0v) is 17.1. The minimum Gasteiger partial charge on any atom is -0.465 e. The average molecular weight is 411 g/mol. The van der Waals surface area contributed by atoms with Gasteiger partial charge in [-0.2, -0.15) is 5.06 Å². The molecule has 2 saturated heterocycles. The SMILES string of the molecule is CC1(CN2CCN(O)CC2)CCOC1=O.OCc1ccccc1.[Y]. The summed E-state index contributed by atoms with van der Waals surface area (Å²) in [6.07, 6.45) is 0.811. The van der Waals surface area contributed by atoms with Crippen molar-refractivity contribution in [2.45, 2.75) is 20.0 Å². The summed E-state index contributed by atoms with van der Waals surface area (Å²) in [4.78, 5) is 13.7. The Bertz CT molecular complexity index is 495. The van der Waals surface area contributed by atoms with Gasteiger partial charge in [-0.1, -0.05) is 30.3 Å². The maximum absolute atomic E-state index is 11.5. The van der Waals surface area contributed by atoms with Crippen molar-refractivity contribution in [3.8, 4) is 0 Å². The molecule has 1 radical (unpaired) electrons. The van der Waals surface area contributed by atoms with Crippen molar-refractivity contribution in [2.75, 3.05) is 39.3 Å². The molecular weight excluding hydrogens is 385 g/mol. The molecule has 0 spiro atoms. The van der Waals surface area contributed by atoms with Crippen LogP contribution in [0.3, 0.4) is 0 Å². The number of piperazine rings is 1. The first-order valence-electron chi connectivity index (χ1n) is 8.02. The van der Waals surface area contributed by atoms with Gasteiger partial charge in [0.15, 0.2) is 0 Å². The maximum atomic E-state index is 11.5.